The van der Waals surface area contributed by atoms with Crippen molar-refractivity contribution < 1.29 is 9.84 Å². The van der Waals surface area contributed by atoms with Crippen molar-refractivity contribution in [1.82, 2.24) is 9.55 Å². The molecular weight excluding hydrogens is 234 g/mol. The molecule has 1 aromatic rings. The molecule has 0 bridgehead atoms. The van der Waals surface area contributed by atoms with Gasteiger partial charge in [-0.2, -0.15) is 4.98 Å². The van der Waals surface area contributed by atoms with Gasteiger partial charge < -0.3 is 15.6 Å². The van der Waals surface area contributed by atoms with Crippen LogP contribution in [-0.2, 0) is 4.74 Å². The summed E-state index contributed by atoms with van der Waals surface area (Å²) >= 11 is 0. The third-order valence-electron chi connectivity index (χ3n) is 2.75. The lowest BCUT2D eigenvalue weighted by Gasteiger charge is -2.16. The van der Waals surface area contributed by atoms with Crippen LogP contribution in [0.25, 0.3) is 0 Å². The van der Waals surface area contributed by atoms with Crippen molar-refractivity contribution in [1.29, 1.82) is 0 Å². The summed E-state index contributed by atoms with van der Waals surface area (Å²) in [5.41, 5.74) is 4.89. The van der Waals surface area contributed by atoms with E-state index in [1.165, 1.54) is 16.8 Å². The topological polar surface area (TPSA) is 90.4 Å². The van der Waals surface area contributed by atoms with Crippen LogP contribution in [0.15, 0.2) is 17.1 Å². The third kappa shape index (κ3) is 3.08. The van der Waals surface area contributed by atoms with Crippen LogP contribution < -0.4 is 11.4 Å². The van der Waals surface area contributed by atoms with Gasteiger partial charge >= 0.3 is 5.69 Å². The number of nitrogens with zero attached hydrogens (tertiary/aromatic N) is 2. The predicted molar refractivity (Wildman–Crippen MR) is 69.1 cm³/mol. The summed E-state index contributed by atoms with van der Waals surface area (Å²) in [5, 5.41) is 9.79. The summed E-state index contributed by atoms with van der Waals surface area (Å²) in [4.78, 5) is 15.1. The molecule has 0 saturated carbocycles. The van der Waals surface area contributed by atoms with Crippen LogP contribution in [-0.4, -0.2) is 26.9 Å². The van der Waals surface area contributed by atoms with E-state index in [4.69, 9.17) is 10.5 Å². The quantitative estimate of drug-likeness (QED) is 0.819. The van der Waals surface area contributed by atoms with Crippen LogP contribution in [0, 0.1) is 0 Å². The van der Waals surface area contributed by atoms with Crippen molar-refractivity contribution in [2.45, 2.75) is 52.0 Å². The number of rotatable bonds is 2. The second-order valence-electron chi connectivity index (χ2n) is 3.90. The summed E-state index contributed by atoms with van der Waals surface area (Å²) < 4.78 is 6.84. The van der Waals surface area contributed by atoms with Crippen LogP contribution in [0.4, 0.5) is 5.82 Å². The molecule has 6 heteroatoms. The summed E-state index contributed by atoms with van der Waals surface area (Å²) in [7, 11) is 0. The highest BCUT2D eigenvalue weighted by Crippen LogP contribution is 2.29. The van der Waals surface area contributed by atoms with Gasteiger partial charge in [0.05, 0.1) is 6.10 Å². The van der Waals surface area contributed by atoms with Gasteiger partial charge in [0.25, 0.3) is 0 Å². The SMILES string of the molecule is CC.CCC1C[C@H](O)[C@H](n2ccc(N)nc2=O)O1. The van der Waals surface area contributed by atoms with Crippen LogP contribution in [0.5, 0.6) is 0 Å². The van der Waals surface area contributed by atoms with E-state index in [0.29, 0.717) is 6.42 Å². The highest BCUT2D eigenvalue weighted by atomic mass is 16.5. The molecule has 1 saturated heterocycles. The first-order chi connectivity index (χ1) is 8.61. The van der Waals surface area contributed by atoms with Crippen molar-refractivity contribution in [2.75, 3.05) is 5.73 Å². The molecular formula is C12H21N3O3. The zero-order valence-electron chi connectivity index (χ0n) is 11.0. The zero-order chi connectivity index (χ0) is 13.7. The maximum Gasteiger partial charge on any atom is 0.351 e. The van der Waals surface area contributed by atoms with Gasteiger partial charge in [-0.25, -0.2) is 4.79 Å². The van der Waals surface area contributed by atoms with Gasteiger partial charge in [-0.3, -0.25) is 4.57 Å². The van der Waals surface area contributed by atoms with E-state index >= 15 is 0 Å². The van der Waals surface area contributed by atoms with E-state index in [2.05, 4.69) is 4.98 Å². The fraction of sp³-hybridized carbons (Fsp3) is 0.667. The first kappa shape index (κ1) is 14.7. The number of hydrogen-bond acceptors (Lipinski definition) is 5. The normalized spacial score (nSPS) is 26.6. The van der Waals surface area contributed by atoms with Gasteiger partial charge in [-0.05, 0) is 12.5 Å². The molecule has 1 aliphatic heterocycles. The molecule has 3 N–H and O–H groups in total. The Morgan fingerprint density at radius 2 is 2.28 bits per heavy atom. The van der Waals surface area contributed by atoms with Crippen molar-refractivity contribution in [2.24, 2.45) is 0 Å². The number of ether oxygens (including phenoxy) is 1. The Bertz CT molecular complexity index is 433. The van der Waals surface area contributed by atoms with Crippen LogP contribution in [0.3, 0.4) is 0 Å². The molecule has 1 aliphatic rings. The number of nitrogen functional groups attached to an aromatic ring is 1. The van der Waals surface area contributed by atoms with Crippen LogP contribution >= 0.6 is 0 Å². The van der Waals surface area contributed by atoms with E-state index in [0.717, 1.165) is 6.42 Å². The zero-order valence-corrected chi connectivity index (χ0v) is 11.0. The Labute approximate surface area is 106 Å². The minimum atomic E-state index is -0.673. The van der Waals surface area contributed by atoms with Crippen molar-refractivity contribution in [3.63, 3.8) is 0 Å². The summed E-state index contributed by atoms with van der Waals surface area (Å²) in [6.45, 7) is 5.98. The van der Waals surface area contributed by atoms with Gasteiger partial charge in [-0.1, -0.05) is 20.8 Å². The Morgan fingerprint density at radius 3 is 2.78 bits per heavy atom. The van der Waals surface area contributed by atoms with Gasteiger partial charge in [0.2, 0.25) is 0 Å². The van der Waals surface area contributed by atoms with E-state index < -0.39 is 18.0 Å². The fourth-order valence-electron chi connectivity index (χ4n) is 1.86. The van der Waals surface area contributed by atoms with Gasteiger partial charge in [-0.15, -0.1) is 0 Å². The first-order valence-electron chi connectivity index (χ1n) is 6.30. The molecule has 3 atom stereocenters. The summed E-state index contributed by atoms with van der Waals surface area (Å²) in [6.07, 6.45) is 1.52. The average Bonchev–Trinajstić information content (AvgIpc) is 2.73. The maximum atomic E-state index is 11.5. The van der Waals surface area contributed by atoms with Gasteiger partial charge in [0.15, 0.2) is 6.23 Å². The van der Waals surface area contributed by atoms with Crippen molar-refractivity contribution >= 4 is 5.82 Å². The minimum absolute atomic E-state index is 0.00977. The number of anilines is 1. The second kappa shape index (κ2) is 6.51. The largest absolute Gasteiger partial charge is 0.388 e. The molecule has 1 unspecified atom stereocenters. The third-order valence-corrected chi connectivity index (χ3v) is 2.75. The molecule has 0 radical (unpaired) electrons. The van der Waals surface area contributed by atoms with E-state index in [9.17, 15) is 9.90 Å². The minimum Gasteiger partial charge on any atom is -0.388 e. The van der Waals surface area contributed by atoms with Crippen LogP contribution in [0.1, 0.15) is 39.8 Å². The molecule has 1 aromatic heterocycles. The first-order valence-corrected chi connectivity index (χ1v) is 6.30. The number of aromatic nitrogens is 2. The standard InChI is InChI=1S/C10H15N3O3.C2H6/c1-2-6-5-7(14)9(16-6)13-4-3-8(11)12-10(13)15;1-2/h3-4,6-7,9,14H,2,5H2,1H3,(H2,11,12,15);1-2H3/t6?,7-,9+;/m0./s1. The Hall–Kier alpha value is -1.40. The molecule has 2 rings (SSSR count). The number of hydrogen-bond donors (Lipinski definition) is 2. The Kier molecular flexibility index (Phi) is 5.30. The lowest BCUT2D eigenvalue weighted by Crippen LogP contribution is -2.31. The molecule has 6 nitrogen and oxygen atoms in total. The lowest BCUT2D eigenvalue weighted by atomic mass is 10.1. The highest BCUT2D eigenvalue weighted by Gasteiger charge is 2.34. The predicted octanol–water partition coefficient (Wildman–Crippen LogP) is 0.910. The van der Waals surface area contributed by atoms with E-state index in [1.54, 1.807) is 0 Å². The smallest absolute Gasteiger partial charge is 0.351 e. The van der Waals surface area contributed by atoms with Crippen LogP contribution in [0.2, 0.25) is 0 Å². The molecule has 102 valence electrons. The fourth-order valence-corrected chi connectivity index (χ4v) is 1.86. The highest BCUT2D eigenvalue weighted by molar-refractivity contribution is 5.23. The van der Waals surface area contributed by atoms with E-state index in [1.807, 2.05) is 20.8 Å². The molecule has 0 aromatic carbocycles. The van der Waals surface area contributed by atoms with Crippen molar-refractivity contribution in [3.05, 3.63) is 22.7 Å². The van der Waals surface area contributed by atoms with Gasteiger partial charge in [0.1, 0.15) is 11.9 Å². The average molecular weight is 255 g/mol. The molecule has 0 aliphatic carbocycles. The number of aliphatic hydroxyl groups is 1. The molecule has 1 fully saturated rings. The monoisotopic (exact) mass is 255 g/mol. The molecule has 18 heavy (non-hydrogen) atoms. The maximum absolute atomic E-state index is 11.5. The molecule has 2 heterocycles. The van der Waals surface area contributed by atoms with Crippen molar-refractivity contribution in [3.8, 4) is 0 Å². The molecule has 0 amide bonds. The Morgan fingerprint density at radius 1 is 1.61 bits per heavy atom. The molecule has 0 spiro atoms. The Balaban J connectivity index is 0.000000771. The number of nitrogens with two attached hydrogens (primary N) is 1. The lowest BCUT2D eigenvalue weighted by molar-refractivity contribution is -0.0403. The summed E-state index contributed by atoms with van der Waals surface area (Å²) in [5.74, 6) is 0.167. The summed E-state index contributed by atoms with van der Waals surface area (Å²) in [6, 6.07) is 1.51. The van der Waals surface area contributed by atoms with E-state index in [-0.39, 0.29) is 11.9 Å². The van der Waals surface area contributed by atoms with Gasteiger partial charge in [0, 0.05) is 12.6 Å². The number of aliphatic hydroxyl groups excluding tert-OH is 1. The second-order valence-corrected chi connectivity index (χ2v) is 3.90.